The van der Waals surface area contributed by atoms with Gasteiger partial charge in [0.1, 0.15) is 15.6 Å². The fraction of sp³-hybridized carbons (Fsp3) is 0.0556. The molecule has 0 saturated carbocycles. The van der Waals surface area contributed by atoms with Crippen molar-refractivity contribution in [2.24, 2.45) is 5.73 Å². The molecule has 3 N–H and O–H groups in total. The molecular formula is C18H15N3O3S. The first-order valence-corrected chi connectivity index (χ1v) is 8.20. The van der Waals surface area contributed by atoms with Gasteiger partial charge in [0.25, 0.3) is 5.91 Å². The van der Waals surface area contributed by atoms with E-state index in [0.717, 1.165) is 16.3 Å². The molecule has 0 atom stereocenters. The lowest BCUT2D eigenvalue weighted by Gasteiger charge is -2.03. The zero-order valence-electron chi connectivity index (χ0n) is 13.4. The predicted molar refractivity (Wildman–Crippen MR) is 97.0 cm³/mol. The molecule has 6 nitrogen and oxygen atoms in total. The number of amides is 2. The number of thiazole rings is 1. The highest BCUT2D eigenvalue weighted by molar-refractivity contribution is 7.17. The van der Waals surface area contributed by atoms with E-state index in [1.54, 1.807) is 31.4 Å². The second-order valence-corrected chi connectivity index (χ2v) is 6.18. The molecule has 25 heavy (non-hydrogen) atoms. The van der Waals surface area contributed by atoms with Crippen molar-refractivity contribution in [3.63, 3.8) is 0 Å². The summed E-state index contributed by atoms with van der Waals surface area (Å²) in [6.07, 6.45) is 1.54. The smallest absolute Gasteiger partial charge is 0.267 e. The van der Waals surface area contributed by atoms with Gasteiger partial charge >= 0.3 is 0 Å². The van der Waals surface area contributed by atoms with E-state index in [-0.39, 0.29) is 5.91 Å². The van der Waals surface area contributed by atoms with E-state index in [9.17, 15) is 9.59 Å². The lowest BCUT2D eigenvalue weighted by Crippen LogP contribution is -2.12. The fourth-order valence-electron chi connectivity index (χ4n) is 2.16. The van der Waals surface area contributed by atoms with Crippen molar-refractivity contribution in [3.8, 4) is 16.3 Å². The average molecular weight is 353 g/mol. The maximum atomic E-state index is 12.3. The topological polar surface area (TPSA) is 94.3 Å². The molecule has 0 aliphatic carbocycles. The molecule has 7 heteroatoms. The minimum atomic E-state index is -0.510. The fourth-order valence-corrected chi connectivity index (χ4v) is 2.97. The van der Waals surface area contributed by atoms with Gasteiger partial charge in [0.2, 0.25) is 5.91 Å². The average Bonchev–Trinajstić information content (AvgIpc) is 3.12. The quantitative estimate of drug-likeness (QED) is 0.736. The Hall–Kier alpha value is -3.19. The maximum Gasteiger partial charge on any atom is 0.267 e. The van der Waals surface area contributed by atoms with Crippen molar-refractivity contribution >= 4 is 28.8 Å². The molecule has 0 bridgehead atoms. The number of primary amides is 1. The van der Waals surface area contributed by atoms with Crippen LogP contribution in [0.4, 0.5) is 5.69 Å². The van der Waals surface area contributed by atoms with Crippen LogP contribution in [0, 0.1) is 0 Å². The van der Waals surface area contributed by atoms with Crippen LogP contribution in [0.3, 0.4) is 0 Å². The highest BCUT2D eigenvalue weighted by Crippen LogP contribution is 2.27. The van der Waals surface area contributed by atoms with E-state index < -0.39 is 5.91 Å². The van der Waals surface area contributed by atoms with Crippen molar-refractivity contribution in [2.75, 3.05) is 12.4 Å². The summed E-state index contributed by atoms with van der Waals surface area (Å²) >= 11 is 1.30. The summed E-state index contributed by atoms with van der Waals surface area (Å²) in [5.74, 6) is -0.00812. The van der Waals surface area contributed by atoms with E-state index in [2.05, 4.69) is 10.3 Å². The number of methoxy groups -OCH3 is 1. The van der Waals surface area contributed by atoms with E-state index >= 15 is 0 Å². The molecule has 0 unspecified atom stereocenters. The molecule has 3 aromatic rings. The van der Waals surface area contributed by atoms with Gasteiger partial charge in [0.15, 0.2) is 0 Å². The Morgan fingerprint density at radius 3 is 2.36 bits per heavy atom. The normalized spacial score (nSPS) is 10.3. The van der Waals surface area contributed by atoms with Gasteiger partial charge in [0, 0.05) is 16.8 Å². The first-order chi connectivity index (χ1) is 12.1. The summed E-state index contributed by atoms with van der Waals surface area (Å²) in [5, 5.41) is 3.51. The number of rotatable bonds is 5. The highest BCUT2D eigenvalue weighted by Gasteiger charge is 2.12. The molecule has 0 fully saturated rings. The third kappa shape index (κ3) is 3.84. The van der Waals surface area contributed by atoms with Crippen molar-refractivity contribution < 1.29 is 14.3 Å². The zero-order chi connectivity index (χ0) is 17.8. The van der Waals surface area contributed by atoms with Crippen molar-refractivity contribution in [1.82, 2.24) is 4.98 Å². The molecule has 0 aliphatic rings. The van der Waals surface area contributed by atoms with E-state index in [0.29, 0.717) is 16.1 Å². The van der Waals surface area contributed by atoms with Gasteiger partial charge in [-0.2, -0.15) is 0 Å². The van der Waals surface area contributed by atoms with Crippen molar-refractivity contribution in [1.29, 1.82) is 0 Å². The largest absolute Gasteiger partial charge is 0.497 e. The minimum absolute atomic E-state index is 0.260. The van der Waals surface area contributed by atoms with E-state index in [1.807, 2.05) is 24.3 Å². The number of carbonyl (C=O) groups excluding carboxylic acids is 2. The number of benzene rings is 2. The summed E-state index contributed by atoms with van der Waals surface area (Å²) in [5.41, 5.74) is 7.07. The Morgan fingerprint density at radius 1 is 1.08 bits per heavy atom. The number of carbonyl (C=O) groups is 2. The molecule has 0 spiro atoms. The van der Waals surface area contributed by atoms with Gasteiger partial charge in [-0.15, -0.1) is 11.3 Å². The highest BCUT2D eigenvalue weighted by atomic mass is 32.1. The molecule has 0 aliphatic heterocycles. The molecule has 3 rings (SSSR count). The summed E-state index contributed by atoms with van der Waals surface area (Å²) in [6.45, 7) is 0. The second-order valence-electron chi connectivity index (χ2n) is 5.15. The van der Waals surface area contributed by atoms with Crippen molar-refractivity contribution in [2.45, 2.75) is 0 Å². The van der Waals surface area contributed by atoms with Gasteiger partial charge in [0.05, 0.1) is 13.3 Å². The number of nitrogens with one attached hydrogen (secondary N) is 1. The Labute approximate surface area is 148 Å². The summed E-state index contributed by atoms with van der Waals surface area (Å²) < 4.78 is 5.13. The van der Waals surface area contributed by atoms with Gasteiger partial charge in [-0.1, -0.05) is 0 Å². The van der Waals surface area contributed by atoms with Gasteiger partial charge < -0.3 is 15.8 Å². The lowest BCUT2D eigenvalue weighted by molar-refractivity contribution is 0.0998. The monoisotopic (exact) mass is 353 g/mol. The zero-order valence-corrected chi connectivity index (χ0v) is 14.2. The van der Waals surface area contributed by atoms with Crippen LogP contribution in [-0.4, -0.2) is 23.9 Å². The van der Waals surface area contributed by atoms with Gasteiger partial charge in [-0.25, -0.2) is 4.98 Å². The van der Waals surface area contributed by atoms with Crippen LogP contribution in [0.15, 0.2) is 54.7 Å². The summed E-state index contributed by atoms with van der Waals surface area (Å²) in [4.78, 5) is 28.2. The Bertz CT molecular complexity index is 902. The number of nitrogens with zero attached hydrogens (tertiary/aromatic N) is 1. The number of anilines is 1. The molecule has 1 heterocycles. The third-order valence-corrected chi connectivity index (χ3v) is 4.54. The third-order valence-electron chi connectivity index (χ3n) is 3.49. The van der Waals surface area contributed by atoms with Crippen LogP contribution >= 0.6 is 11.3 Å². The number of hydrogen-bond acceptors (Lipinski definition) is 5. The number of hydrogen-bond donors (Lipinski definition) is 2. The van der Waals surface area contributed by atoms with Gasteiger partial charge in [-0.3, -0.25) is 9.59 Å². The number of ether oxygens (including phenoxy) is 1. The summed E-state index contributed by atoms with van der Waals surface area (Å²) in [7, 11) is 1.61. The van der Waals surface area contributed by atoms with Crippen LogP contribution in [0.1, 0.15) is 20.0 Å². The van der Waals surface area contributed by atoms with Crippen molar-refractivity contribution in [3.05, 3.63) is 65.2 Å². The molecule has 2 aromatic carbocycles. The molecule has 126 valence electrons. The number of nitrogens with two attached hydrogens (primary N) is 1. The van der Waals surface area contributed by atoms with Crippen LogP contribution < -0.4 is 15.8 Å². The molecule has 1 aromatic heterocycles. The molecule has 0 saturated heterocycles. The van der Waals surface area contributed by atoms with Crippen LogP contribution in [0.25, 0.3) is 10.6 Å². The summed E-state index contributed by atoms with van der Waals surface area (Å²) in [6, 6.07) is 13.9. The van der Waals surface area contributed by atoms with Crippen LogP contribution in [0.5, 0.6) is 5.75 Å². The van der Waals surface area contributed by atoms with Crippen LogP contribution in [-0.2, 0) is 0 Å². The minimum Gasteiger partial charge on any atom is -0.497 e. The Kier molecular flexibility index (Phi) is 4.76. The number of aromatic nitrogens is 1. The first-order valence-electron chi connectivity index (χ1n) is 7.38. The van der Waals surface area contributed by atoms with Crippen LogP contribution in [0.2, 0.25) is 0 Å². The Morgan fingerprint density at radius 2 is 1.76 bits per heavy atom. The Balaban J connectivity index is 1.72. The molecular weight excluding hydrogens is 338 g/mol. The molecule has 0 radical (unpaired) electrons. The maximum absolute atomic E-state index is 12.3. The van der Waals surface area contributed by atoms with E-state index in [1.165, 1.54) is 17.5 Å². The second kappa shape index (κ2) is 7.14. The van der Waals surface area contributed by atoms with Gasteiger partial charge in [-0.05, 0) is 48.5 Å². The standard InChI is InChI=1S/C18H15N3O3S/c1-24-14-8-4-12(5-9-14)18-20-10-15(25-18)17(23)21-13-6-2-11(3-7-13)16(19)22/h2-10H,1H3,(H2,19,22)(H,21,23). The van der Waals surface area contributed by atoms with E-state index in [4.69, 9.17) is 10.5 Å². The molecule has 2 amide bonds. The lowest BCUT2D eigenvalue weighted by atomic mass is 10.2. The predicted octanol–water partition coefficient (Wildman–Crippen LogP) is 3.17. The first kappa shape index (κ1) is 16.7. The SMILES string of the molecule is COc1ccc(-c2ncc(C(=O)Nc3ccc(C(N)=O)cc3)s2)cc1.